The maximum Gasteiger partial charge on any atom is 0.256 e. The van der Waals surface area contributed by atoms with Crippen LogP contribution in [0.2, 0.25) is 0 Å². The molecule has 18 heavy (non-hydrogen) atoms. The molecule has 0 saturated carbocycles. The van der Waals surface area contributed by atoms with Gasteiger partial charge in [0.15, 0.2) is 5.78 Å². The molecule has 1 aromatic carbocycles. The van der Waals surface area contributed by atoms with E-state index >= 15 is 0 Å². The molecular weight excluding hydrogens is 246 g/mol. The van der Waals surface area contributed by atoms with Crippen molar-refractivity contribution in [2.75, 3.05) is 5.32 Å². The summed E-state index contributed by atoms with van der Waals surface area (Å²) >= 11 is 1.46. The van der Waals surface area contributed by atoms with Gasteiger partial charge in [-0.05, 0) is 23.6 Å². The molecule has 0 spiro atoms. The fourth-order valence-electron chi connectivity index (χ4n) is 1.90. The number of para-hydroxylation sites is 1. The summed E-state index contributed by atoms with van der Waals surface area (Å²) in [6.07, 6.45) is 1.41. The Labute approximate surface area is 108 Å². The Bertz CT molecular complexity index is 656. The lowest BCUT2D eigenvalue weighted by molar-refractivity contribution is -0.110. The summed E-state index contributed by atoms with van der Waals surface area (Å²) < 4.78 is 0. The van der Waals surface area contributed by atoms with Crippen LogP contribution >= 0.6 is 11.3 Å². The lowest BCUT2D eigenvalue weighted by atomic mass is 10.0. The topological polar surface area (TPSA) is 46.2 Å². The SMILES string of the molecule is O=C1Nc2ccccc2C1=CC(=O)c1ccsc1. The molecule has 0 fully saturated rings. The first-order valence-electron chi connectivity index (χ1n) is 5.45. The van der Waals surface area contributed by atoms with Gasteiger partial charge in [0.25, 0.3) is 5.91 Å². The van der Waals surface area contributed by atoms with Gasteiger partial charge in [0.2, 0.25) is 0 Å². The van der Waals surface area contributed by atoms with Gasteiger partial charge in [0.05, 0.1) is 5.57 Å². The Balaban J connectivity index is 2.02. The van der Waals surface area contributed by atoms with Crippen LogP contribution in [-0.4, -0.2) is 11.7 Å². The average Bonchev–Trinajstić information content (AvgIpc) is 2.98. The minimum absolute atomic E-state index is 0.141. The number of carbonyl (C=O) groups is 2. The Morgan fingerprint density at radius 3 is 2.83 bits per heavy atom. The number of anilines is 1. The first kappa shape index (κ1) is 10.9. The minimum atomic E-state index is -0.222. The van der Waals surface area contributed by atoms with E-state index in [2.05, 4.69) is 5.32 Å². The molecule has 1 aromatic heterocycles. The van der Waals surface area contributed by atoms with Gasteiger partial charge in [-0.1, -0.05) is 18.2 Å². The van der Waals surface area contributed by atoms with Crippen molar-refractivity contribution in [1.29, 1.82) is 0 Å². The third-order valence-electron chi connectivity index (χ3n) is 2.79. The molecule has 0 atom stereocenters. The number of thiophene rings is 1. The minimum Gasteiger partial charge on any atom is -0.321 e. The standard InChI is InChI=1S/C14H9NO2S/c16-13(9-5-6-18-8-9)7-11-10-3-1-2-4-12(10)15-14(11)17/h1-8H,(H,15,17). The first-order chi connectivity index (χ1) is 8.75. The molecule has 2 aromatic rings. The smallest absolute Gasteiger partial charge is 0.256 e. The second-order valence-electron chi connectivity index (χ2n) is 3.93. The van der Waals surface area contributed by atoms with Crippen LogP contribution in [0.3, 0.4) is 0 Å². The maximum atomic E-state index is 12.0. The number of ketones is 1. The van der Waals surface area contributed by atoms with Crippen LogP contribution in [-0.2, 0) is 4.79 Å². The predicted octanol–water partition coefficient (Wildman–Crippen LogP) is 2.97. The highest BCUT2D eigenvalue weighted by atomic mass is 32.1. The third-order valence-corrected chi connectivity index (χ3v) is 3.47. The van der Waals surface area contributed by atoms with E-state index in [1.807, 2.05) is 29.6 Å². The fourth-order valence-corrected chi connectivity index (χ4v) is 2.55. The summed E-state index contributed by atoms with van der Waals surface area (Å²) in [6, 6.07) is 9.11. The number of allylic oxidation sites excluding steroid dienone is 1. The predicted molar refractivity (Wildman–Crippen MR) is 71.7 cm³/mol. The number of fused-ring (bicyclic) bond motifs is 1. The number of hydrogen-bond donors (Lipinski definition) is 1. The molecule has 0 aliphatic carbocycles. The summed E-state index contributed by atoms with van der Waals surface area (Å²) in [5.41, 5.74) is 2.59. The lowest BCUT2D eigenvalue weighted by Crippen LogP contribution is -2.05. The molecule has 3 nitrogen and oxygen atoms in total. The summed E-state index contributed by atoms with van der Waals surface area (Å²) in [5, 5.41) is 6.36. The molecule has 0 saturated heterocycles. The Kier molecular flexibility index (Phi) is 2.57. The summed E-state index contributed by atoms with van der Waals surface area (Å²) in [6.45, 7) is 0. The van der Waals surface area contributed by atoms with Gasteiger partial charge in [-0.25, -0.2) is 0 Å². The van der Waals surface area contributed by atoms with Crippen LogP contribution < -0.4 is 5.32 Å². The van der Waals surface area contributed by atoms with E-state index in [-0.39, 0.29) is 11.7 Å². The first-order valence-corrected chi connectivity index (χ1v) is 6.39. The zero-order chi connectivity index (χ0) is 12.5. The molecule has 2 heterocycles. The molecule has 0 bridgehead atoms. The Morgan fingerprint density at radius 1 is 1.22 bits per heavy atom. The van der Waals surface area contributed by atoms with Crippen LogP contribution in [0.5, 0.6) is 0 Å². The Morgan fingerprint density at radius 2 is 2.06 bits per heavy atom. The number of carbonyl (C=O) groups excluding carboxylic acids is 2. The van der Waals surface area contributed by atoms with Gasteiger partial charge in [0.1, 0.15) is 0 Å². The van der Waals surface area contributed by atoms with Gasteiger partial charge in [-0.2, -0.15) is 11.3 Å². The summed E-state index contributed by atoms with van der Waals surface area (Å²) in [5.74, 6) is -0.363. The zero-order valence-electron chi connectivity index (χ0n) is 9.34. The third kappa shape index (κ3) is 1.76. The van der Waals surface area contributed by atoms with Gasteiger partial charge in [-0.15, -0.1) is 0 Å². The second kappa shape index (κ2) is 4.23. The normalized spacial score (nSPS) is 15.6. The number of benzene rings is 1. The fraction of sp³-hybridized carbons (Fsp3) is 0. The molecule has 1 amide bonds. The van der Waals surface area contributed by atoms with Crippen LogP contribution in [0.15, 0.2) is 47.2 Å². The highest BCUT2D eigenvalue weighted by Gasteiger charge is 2.24. The van der Waals surface area contributed by atoms with Crippen molar-refractivity contribution in [3.63, 3.8) is 0 Å². The van der Waals surface area contributed by atoms with Crippen molar-refractivity contribution in [2.45, 2.75) is 0 Å². The van der Waals surface area contributed by atoms with Crippen molar-refractivity contribution in [1.82, 2.24) is 0 Å². The highest BCUT2D eigenvalue weighted by Crippen LogP contribution is 2.31. The van der Waals surface area contributed by atoms with E-state index in [1.165, 1.54) is 17.4 Å². The largest absolute Gasteiger partial charge is 0.321 e. The quantitative estimate of drug-likeness (QED) is 0.662. The molecule has 0 radical (unpaired) electrons. The van der Waals surface area contributed by atoms with Crippen molar-refractivity contribution >= 4 is 34.3 Å². The van der Waals surface area contributed by atoms with Gasteiger partial charge in [-0.3, -0.25) is 9.59 Å². The van der Waals surface area contributed by atoms with Crippen molar-refractivity contribution in [2.24, 2.45) is 0 Å². The Hall–Kier alpha value is -2.20. The van der Waals surface area contributed by atoms with Crippen molar-refractivity contribution < 1.29 is 9.59 Å². The second-order valence-corrected chi connectivity index (χ2v) is 4.71. The molecular formula is C14H9NO2S. The molecule has 1 aliphatic rings. The van der Waals surface area contributed by atoms with Gasteiger partial charge in [0, 0.05) is 22.2 Å². The van der Waals surface area contributed by atoms with Crippen molar-refractivity contribution in [3.05, 3.63) is 58.3 Å². The number of hydrogen-bond acceptors (Lipinski definition) is 3. The monoisotopic (exact) mass is 255 g/mol. The molecule has 0 unspecified atom stereocenters. The van der Waals surface area contributed by atoms with Gasteiger partial charge >= 0.3 is 0 Å². The molecule has 3 rings (SSSR count). The van der Waals surface area contributed by atoms with Crippen LogP contribution in [0.1, 0.15) is 15.9 Å². The lowest BCUT2D eigenvalue weighted by Gasteiger charge is -1.96. The van der Waals surface area contributed by atoms with Crippen LogP contribution in [0.4, 0.5) is 5.69 Å². The maximum absolute atomic E-state index is 12.0. The number of amides is 1. The van der Waals surface area contributed by atoms with Gasteiger partial charge < -0.3 is 5.32 Å². The van der Waals surface area contributed by atoms with Crippen LogP contribution in [0, 0.1) is 0 Å². The van der Waals surface area contributed by atoms with E-state index in [9.17, 15) is 9.59 Å². The van der Waals surface area contributed by atoms with E-state index in [4.69, 9.17) is 0 Å². The van der Waals surface area contributed by atoms with Crippen LogP contribution in [0.25, 0.3) is 5.57 Å². The summed E-state index contributed by atoms with van der Waals surface area (Å²) in [4.78, 5) is 23.8. The molecule has 88 valence electrons. The number of nitrogens with one attached hydrogen (secondary N) is 1. The van der Waals surface area contributed by atoms with Crippen molar-refractivity contribution in [3.8, 4) is 0 Å². The van der Waals surface area contributed by atoms with E-state index in [0.717, 1.165) is 11.3 Å². The molecule has 1 N–H and O–H groups in total. The average molecular weight is 255 g/mol. The number of rotatable bonds is 2. The zero-order valence-corrected chi connectivity index (χ0v) is 10.2. The summed E-state index contributed by atoms with van der Waals surface area (Å²) in [7, 11) is 0. The van der Waals surface area contributed by atoms with E-state index < -0.39 is 0 Å². The highest BCUT2D eigenvalue weighted by molar-refractivity contribution is 7.08. The van der Waals surface area contributed by atoms with E-state index in [1.54, 1.807) is 11.4 Å². The molecule has 4 heteroatoms. The molecule has 1 aliphatic heterocycles. The van der Waals surface area contributed by atoms with E-state index in [0.29, 0.717) is 11.1 Å².